The minimum Gasteiger partial charge on any atom is -0.491 e. The van der Waals surface area contributed by atoms with Crippen molar-refractivity contribution < 1.29 is 28.9 Å². The lowest BCUT2D eigenvalue weighted by molar-refractivity contribution is -0.149. The van der Waals surface area contributed by atoms with Crippen molar-refractivity contribution in [3.05, 3.63) is 29.8 Å². The Morgan fingerprint density at radius 2 is 1.88 bits per heavy atom. The number of hydrogen-bond acceptors (Lipinski definition) is 7. The molecule has 0 unspecified atom stereocenters. The van der Waals surface area contributed by atoms with E-state index in [9.17, 15) is 14.7 Å². The molecule has 1 saturated heterocycles. The van der Waals surface area contributed by atoms with Gasteiger partial charge in [-0.2, -0.15) is 0 Å². The predicted molar refractivity (Wildman–Crippen MR) is 95.1 cm³/mol. The standard InChI is InChI=1S/C19H27NO6/c1-3-25-19(23)15-8-10-20(11-9-15)12-16(21)13-26-17-6-4-14(5-7-17)18(22)24-2/h4-7,15-16,21H,3,8-13H2,1-2H3/t16-/m1/s1. The predicted octanol–water partition coefficient (Wildman–Crippen LogP) is 1.49. The van der Waals surface area contributed by atoms with E-state index in [1.54, 1.807) is 24.3 Å². The van der Waals surface area contributed by atoms with Crippen LogP contribution in [0.2, 0.25) is 0 Å². The van der Waals surface area contributed by atoms with E-state index in [4.69, 9.17) is 9.47 Å². The molecule has 0 amide bonds. The van der Waals surface area contributed by atoms with Crippen LogP contribution in [0.5, 0.6) is 5.75 Å². The van der Waals surface area contributed by atoms with Gasteiger partial charge in [0.25, 0.3) is 0 Å². The van der Waals surface area contributed by atoms with E-state index in [0.29, 0.717) is 24.5 Å². The molecule has 1 aromatic rings. The number of esters is 2. The third kappa shape index (κ3) is 6.00. The number of rotatable bonds is 8. The molecule has 7 heteroatoms. The lowest BCUT2D eigenvalue weighted by Crippen LogP contribution is -2.42. The SMILES string of the molecule is CCOC(=O)C1CCN(C[C@@H](O)COc2ccc(C(=O)OC)cc2)CC1. The number of methoxy groups -OCH3 is 1. The smallest absolute Gasteiger partial charge is 0.337 e. The zero-order valence-electron chi connectivity index (χ0n) is 15.3. The van der Waals surface area contributed by atoms with Crippen LogP contribution < -0.4 is 4.74 Å². The second kappa shape index (κ2) is 10.1. The Morgan fingerprint density at radius 1 is 1.23 bits per heavy atom. The molecule has 0 aliphatic carbocycles. The molecule has 1 heterocycles. The quantitative estimate of drug-likeness (QED) is 0.699. The number of carbonyl (C=O) groups is 2. The molecule has 1 fully saturated rings. The molecule has 26 heavy (non-hydrogen) atoms. The van der Waals surface area contributed by atoms with Crippen LogP contribution in [0.15, 0.2) is 24.3 Å². The highest BCUT2D eigenvalue weighted by atomic mass is 16.5. The van der Waals surface area contributed by atoms with Crippen LogP contribution in [-0.4, -0.2) is 68.0 Å². The molecule has 1 atom stereocenters. The normalized spacial score (nSPS) is 16.7. The van der Waals surface area contributed by atoms with Gasteiger partial charge in [-0.15, -0.1) is 0 Å². The Morgan fingerprint density at radius 3 is 2.46 bits per heavy atom. The molecule has 1 aromatic carbocycles. The van der Waals surface area contributed by atoms with Crippen LogP contribution in [-0.2, 0) is 14.3 Å². The van der Waals surface area contributed by atoms with Gasteiger partial charge >= 0.3 is 11.9 Å². The van der Waals surface area contributed by atoms with Crippen LogP contribution in [0.4, 0.5) is 0 Å². The molecule has 0 radical (unpaired) electrons. The van der Waals surface area contributed by atoms with E-state index in [1.807, 2.05) is 6.92 Å². The molecular formula is C19H27NO6. The summed E-state index contributed by atoms with van der Waals surface area (Å²) in [6.07, 6.45) is 0.873. The van der Waals surface area contributed by atoms with Crippen molar-refractivity contribution in [3.63, 3.8) is 0 Å². The topological polar surface area (TPSA) is 85.3 Å². The van der Waals surface area contributed by atoms with E-state index in [2.05, 4.69) is 9.64 Å². The van der Waals surface area contributed by atoms with Gasteiger partial charge in [0, 0.05) is 6.54 Å². The van der Waals surface area contributed by atoms with E-state index < -0.39 is 12.1 Å². The number of β-amino-alcohol motifs (C(OH)–C–C–N with tert-alkyl or cyclic N) is 1. The number of ether oxygens (including phenoxy) is 3. The maximum atomic E-state index is 11.7. The minimum atomic E-state index is -0.630. The number of aliphatic hydroxyl groups excluding tert-OH is 1. The first-order valence-corrected chi connectivity index (χ1v) is 8.91. The molecule has 144 valence electrons. The highest BCUT2D eigenvalue weighted by Gasteiger charge is 2.26. The molecule has 0 aromatic heterocycles. The fourth-order valence-electron chi connectivity index (χ4n) is 2.96. The highest BCUT2D eigenvalue weighted by Crippen LogP contribution is 2.19. The zero-order valence-corrected chi connectivity index (χ0v) is 15.3. The van der Waals surface area contributed by atoms with Crippen LogP contribution >= 0.6 is 0 Å². The third-order valence-electron chi connectivity index (χ3n) is 4.39. The Labute approximate surface area is 153 Å². The lowest BCUT2D eigenvalue weighted by atomic mass is 9.97. The molecule has 1 aliphatic rings. The summed E-state index contributed by atoms with van der Waals surface area (Å²) in [5.74, 6) is 0.0277. The van der Waals surface area contributed by atoms with Crippen molar-refractivity contribution in [3.8, 4) is 5.75 Å². The number of benzene rings is 1. The number of carbonyl (C=O) groups excluding carboxylic acids is 2. The first kappa shape index (κ1) is 20.2. The van der Waals surface area contributed by atoms with E-state index in [1.165, 1.54) is 7.11 Å². The minimum absolute atomic E-state index is 0.0343. The summed E-state index contributed by atoms with van der Waals surface area (Å²) in [5.41, 5.74) is 0.449. The van der Waals surface area contributed by atoms with Crippen molar-refractivity contribution in [2.24, 2.45) is 5.92 Å². The summed E-state index contributed by atoms with van der Waals surface area (Å²) in [4.78, 5) is 25.2. The summed E-state index contributed by atoms with van der Waals surface area (Å²) in [6, 6.07) is 6.58. The molecule has 0 bridgehead atoms. The van der Waals surface area contributed by atoms with Gasteiger partial charge in [-0.3, -0.25) is 4.79 Å². The lowest BCUT2D eigenvalue weighted by Gasteiger charge is -2.32. The van der Waals surface area contributed by atoms with E-state index in [-0.39, 0.29) is 18.5 Å². The van der Waals surface area contributed by atoms with E-state index in [0.717, 1.165) is 25.9 Å². The van der Waals surface area contributed by atoms with Gasteiger partial charge in [-0.25, -0.2) is 4.79 Å². The van der Waals surface area contributed by atoms with Gasteiger partial charge in [0.1, 0.15) is 18.5 Å². The van der Waals surface area contributed by atoms with Gasteiger partial charge in [0.05, 0.1) is 25.2 Å². The first-order chi connectivity index (χ1) is 12.5. The van der Waals surface area contributed by atoms with Gasteiger partial charge in [0.2, 0.25) is 0 Å². The molecule has 0 saturated carbocycles. The zero-order chi connectivity index (χ0) is 18.9. The fourth-order valence-corrected chi connectivity index (χ4v) is 2.96. The van der Waals surface area contributed by atoms with E-state index >= 15 is 0 Å². The fraction of sp³-hybridized carbons (Fsp3) is 0.579. The largest absolute Gasteiger partial charge is 0.491 e. The number of nitrogens with zero attached hydrogens (tertiary/aromatic N) is 1. The van der Waals surface area contributed by atoms with Crippen molar-refractivity contribution in [1.29, 1.82) is 0 Å². The maximum Gasteiger partial charge on any atom is 0.337 e. The summed E-state index contributed by atoms with van der Waals surface area (Å²) in [7, 11) is 1.33. The average molecular weight is 365 g/mol. The number of hydrogen-bond donors (Lipinski definition) is 1. The summed E-state index contributed by atoms with van der Waals surface area (Å²) in [5, 5.41) is 10.2. The second-order valence-electron chi connectivity index (χ2n) is 6.31. The first-order valence-electron chi connectivity index (χ1n) is 8.91. The Kier molecular flexibility index (Phi) is 7.87. The molecular weight excluding hydrogens is 338 g/mol. The molecule has 2 rings (SSSR count). The van der Waals surface area contributed by atoms with Crippen molar-refractivity contribution >= 4 is 11.9 Å². The van der Waals surface area contributed by atoms with Gasteiger partial charge in [-0.1, -0.05) is 0 Å². The van der Waals surface area contributed by atoms with Crippen LogP contribution in [0.25, 0.3) is 0 Å². The molecule has 1 N–H and O–H groups in total. The highest BCUT2D eigenvalue weighted by molar-refractivity contribution is 5.89. The maximum absolute atomic E-state index is 11.7. The van der Waals surface area contributed by atoms with Crippen LogP contribution in [0, 0.1) is 5.92 Å². The third-order valence-corrected chi connectivity index (χ3v) is 4.39. The monoisotopic (exact) mass is 365 g/mol. The number of piperidine rings is 1. The van der Waals surface area contributed by atoms with Gasteiger partial charge in [-0.05, 0) is 57.1 Å². The molecule has 1 aliphatic heterocycles. The van der Waals surface area contributed by atoms with Crippen LogP contribution in [0.3, 0.4) is 0 Å². The molecule has 7 nitrogen and oxygen atoms in total. The Bertz CT molecular complexity index is 580. The number of likely N-dealkylation sites (tertiary alicyclic amines) is 1. The Balaban J connectivity index is 1.70. The van der Waals surface area contributed by atoms with Gasteiger partial charge < -0.3 is 24.2 Å². The summed E-state index contributed by atoms with van der Waals surface area (Å²) < 4.78 is 15.3. The van der Waals surface area contributed by atoms with Crippen LogP contribution in [0.1, 0.15) is 30.1 Å². The second-order valence-corrected chi connectivity index (χ2v) is 6.31. The van der Waals surface area contributed by atoms with Gasteiger partial charge in [0.15, 0.2) is 0 Å². The Hall–Kier alpha value is -2.12. The van der Waals surface area contributed by atoms with Crippen molar-refractivity contribution in [2.75, 3.05) is 40.0 Å². The summed E-state index contributed by atoms with van der Waals surface area (Å²) >= 11 is 0. The summed E-state index contributed by atoms with van der Waals surface area (Å²) in [6.45, 7) is 4.40. The van der Waals surface area contributed by atoms with Crippen molar-refractivity contribution in [1.82, 2.24) is 4.90 Å². The molecule has 0 spiro atoms. The average Bonchev–Trinajstić information content (AvgIpc) is 2.67. The van der Waals surface area contributed by atoms with Crippen molar-refractivity contribution in [2.45, 2.75) is 25.9 Å². The number of aliphatic hydroxyl groups is 1.